The molecule has 2 atom stereocenters. The molecule has 128 valence electrons. The monoisotopic (exact) mass is 346 g/mol. The average Bonchev–Trinajstić information content (AvgIpc) is 2.59. The number of hydrogen-bond acceptors (Lipinski definition) is 3. The Morgan fingerprint density at radius 3 is 2.58 bits per heavy atom. The van der Waals surface area contributed by atoms with Gasteiger partial charge in [0.1, 0.15) is 5.75 Å². The molecule has 2 unspecified atom stereocenters. The lowest BCUT2D eigenvalue weighted by Crippen LogP contribution is -2.42. The molecule has 0 saturated carbocycles. The van der Waals surface area contributed by atoms with E-state index in [1.807, 2.05) is 48.2 Å². The van der Waals surface area contributed by atoms with Gasteiger partial charge in [0.05, 0.1) is 5.92 Å². The number of nitrogens with zero attached hydrogens (tertiary/aromatic N) is 1. The van der Waals surface area contributed by atoms with Crippen LogP contribution in [0.15, 0.2) is 48.5 Å². The molecule has 0 bridgehead atoms. The van der Waals surface area contributed by atoms with Crippen LogP contribution in [-0.2, 0) is 17.8 Å². The summed E-state index contributed by atoms with van der Waals surface area (Å²) in [5, 5.41) is 9.64. The third-order valence-corrected chi connectivity index (χ3v) is 4.63. The number of carbonyl (C=O) groups excluding carboxylic acids is 1. The third-order valence-electron chi connectivity index (χ3n) is 4.63. The average molecular weight is 347 g/mol. The van der Waals surface area contributed by atoms with E-state index in [2.05, 4.69) is 0 Å². The van der Waals surface area contributed by atoms with Crippen LogP contribution < -0.4 is 5.73 Å². The first-order chi connectivity index (χ1) is 11.1. The van der Waals surface area contributed by atoms with Crippen LogP contribution in [0.5, 0.6) is 5.75 Å². The Morgan fingerprint density at radius 1 is 1.17 bits per heavy atom. The molecule has 0 saturated heterocycles. The van der Waals surface area contributed by atoms with Gasteiger partial charge < -0.3 is 15.7 Å². The molecule has 1 aliphatic heterocycles. The van der Waals surface area contributed by atoms with Crippen molar-refractivity contribution in [3.8, 4) is 5.75 Å². The number of halogens is 1. The summed E-state index contributed by atoms with van der Waals surface area (Å²) in [6, 6.07) is 14.8. The van der Waals surface area contributed by atoms with Crippen LogP contribution in [0, 0.1) is 5.92 Å². The van der Waals surface area contributed by atoms with Crippen molar-refractivity contribution >= 4 is 18.3 Å². The first kappa shape index (κ1) is 18.3. The normalized spacial score (nSPS) is 15.8. The van der Waals surface area contributed by atoms with Gasteiger partial charge in [-0.3, -0.25) is 4.79 Å². The summed E-state index contributed by atoms with van der Waals surface area (Å²) >= 11 is 0. The van der Waals surface area contributed by atoms with Crippen molar-refractivity contribution < 1.29 is 9.90 Å². The summed E-state index contributed by atoms with van der Waals surface area (Å²) in [4.78, 5) is 14.6. The van der Waals surface area contributed by atoms with E-state index < -0.39 is 0 Å². The van der Waals surface area contributed by atoms with Gasteiger partial charge in [0, 0.05) is 19.1 Å². The van der Waals surface area contributed by atoms with Crippen molar-refractivity contribution in [2.24, 2.45) is 11.7 Å². The molecule has 0 aromatic heterocycles. The first-order valence-electron chi connectivity index (χ1n) is 7.96. The highest BCUT2D eigenvalue weighted by atomic mass is 35.5. The van der Waals surface area contributed by atoms with Crippen LogP contribution in [0.4, 0.5) is 0 Å². The minimum absolute atomic E-state index is 0. The molecule has 1 amide bonds. The predicted molar refractivity (Wildman–Crippen MR) is 97.0 cm³/mol. The predicted octanol–water partition coefficient (Wildman–Crippen LogP) is 3.03. The maximum Gasteiger partial charge on any atom is 0.227 e. The first-order valence-corrected chi connectivity index (χ1v) is 7.96. The second kappa shape index (κ2) is 7.69. The van der Waals surface area contributed by atoms with E-state index in [0.717, 1.165) is 17.5 Å². The molecule has 0 radical (unpaired) electrons. The number of phenolic OH excluding ortho intramolecular Hbond substituents is 1. The van der Waals surface area contributed by atoms with Gasteiger partial charge in [-0.1, -0.05) is 43.3 Å². The van der Waals surface area contributed by atoms with Gasteiger partial charge >= 0.3 is 0 Å². The highest BCUT2D eigenvalue weighted by Crippen LogP contribution is 2.26. The number of phenols is 1. The van der Waals surface area contributed by atoms with E-state index in [1.165, 1.54) is 5.56 Å². The SMILES string of the molecule is CC(C(=O)N1CCc2ccc(O)cc2C1)C(N)c1ccccc1.Cl. The number of aromatic hydroxyl groups is 1. The van der Waals surface area contributed by atoms with Gasteiger partial charge in [-0.2, -0.15) is 0 Å². The molecule has 24 heavy (non-hydrogen) atoms. The lowest BCUT2D eigenvalue weighted by Gasteiger charge is -2.32. The fraction of sp³-hybridized carbons (Fsp3) is 0.316. The van der Waals surface area contributed by atoms with Crippen molar-refractivity contribution in [1.29, 1.82) is 0 Å². The van der Waals surface area contributed by atoms with Crippen LogP contribution in [0.1, 0.15) is 29.7 Å². The molecular formula is C19H23ClN2O2. The van der Waals surface area contributed by atoms with Crippen LogP contribution in [0.2, 0.25) is 0 Å². The standard InChI is InChI=1S/C19H22N2O2.ClH/c1-13(18(20)15-5-3-2-4-6-15)19(23)21-10-9-14-7-8-17(22)11-16(14)12-21;/h2-8,11,13,18,22H,9-10,12,20H2,1H3;1H. The van der Waals surface area contributed by atoms with E-state index in [1.54, 1.807) is 12.1 Å². The van der Waals surface area contributed by atoms with Gasteiger partial charge in [0.15, 0.2) is 0 Å². The van der Waals surface area contributed by atoms with Crippen LogP contribution in [0.25, 0.3) is 0 Å². The fourth-order valence-corrected chi connectivity index (χ4v) is 3.14. The smallest absolute Gasteiger partial charge is 0.227 e. The van der Waals surface area contributed by atoms with Gasteiger partial charge in [-0.15, -0.1) is 12.4 Å². The maximum atomic E-state index is 12.8. The number of hydrogen-bond donors (Lipinski definition) is 2. The number of carbonyl (C=O) groups is 1. The molecule has 2 aromatic carbocycles. The van der Waals surface area contributed by atoms with Crippen molar-refractivity contribution in [1.82, 2.24) is 4.90 Å². The van der Waals surface area contributed by atoms with Crippen LogP contribution >= 0.6 is 12.4 Å². The summed E-state index contributed by atoms with van der Waals surface area (Å²) in [5.74, 6) is 0.0266. The molecule has 1 heterocycles. The van der Waals surface area contributed by atoms with Crippen LogP contribution in [-0.4, -0.2) is 22.5 Å². The van der Waals surface area contributed by atoms with Crippen molar-refractivity contribution in [2.75, 3.05) is 6.54 Å². The molecule has 0 aliphatic carbocycles. The van der Waals surface area contributed by atoms with E-state index in [4.69, 9.17) is 5.73 Å². The Kier molecular flexibility index (Phi) is 5.86. The maximum absolute atomic E-state index is 12.8. The Hall–Kier alpha value is -2.04. The Labute approximate surface area is 148 Å². The third kappa shape index (κ3) is 3.71. The van der Waals surface area contributed by atoms with Crippen LogP contribution in [0.3, 0.4) is 0 Å². The van der Waals surface area contributed by atoms with E-state index in [-0.39, 0.29) is 36.0 Å². The summed E-state index contributed by atoms with van der Waals surface area (Å²) in [5.41, 5.74) is 9.47. The lowest BCUT2D eigenvalue weighted by molar-refractivity contribution is -0.136. The van der Waals surface area contributed by atoms with Gasteiger partial charge in [0.2, 0.25) is 5.91 Å². The summed E-state index contributed by atoms with van der Waals surface area (Å²) < 4.78 is 0. The number of fused-ring (bicyclic) bond motifs is 1. The zero-order valence-electron chi connectivity index (χ0n) is 13.7. The largest absolute Gasteiger partial charge is 0.508 e. The molecule has 1 aliphatic rings. The topological polar surface area (TPSA) is 66.6 Å². The van der Waals surface area contributed by atoms with Gasteiger partial charge in [-0.25, -0.2) is 0 Å². The fourth-order valence-electron chi connectivity index (χ4n) is 3.14. The highest BCUT2D eigenvalue weighted by molar-refractivity contribution is 5.85. The molecule has 3 rings (SSSR count). The van der Waals surface area contributed by atoms with Crippen molar-refractivity contribution in [2.45, 2.75) is 25.9 Å². The zero-order valence-corrected chi connectivity index (χ0v) is 14.5. The summed E-state index contributed by atoms with van der Waals surface area (Å²) in [6.07, 6.45) is 0.814. The second-order valence-electron chi connectivity index (χ2n) is 6.19. The van der Waals surface area contributed by atoms with E-state index in [0.29, 0.717) is 13.1 Å². The molecule has 5 heteroatoms. The Bertz CT molecular complexity index is 706. The molecule has 0 fully saturated rings. The van der Waals surface area contributed by atoms with E-state index in [9.17, 15) is 9.90 Å². The van der Waals surface area contributed by atoms with Crippen molar-refractivity contribution in [3.63, 3.8) is 0 Å². The van der Waals surface area contributed by atoms with Gasteiger partial charge in [0.25, 0.3) is 0 Å². The van der Waals surface area contributed by atoms with E-state index >= 15 is 0 Å². The second-order valence-corrected chi connectivity index (χ2v) is 6.19. The Balaban J connectivity index is 0.00000208. The molecule has 4 nitrogen and oxygen atoms in total. The Morgan fingerprint density at radius 2 is 1.88 bits per heavy atom. The number of rotatable bonds is 3. The molecule has 3 N–H and O–H groups in total. The van der Waals surface area contributed by atoms with Gasteiger partial charge in [-0.05, 0) is 35.2 Å². The minimum atomic E-state index is -0.311. The number of amides is 1. The number of nitrogens with two attached hydrogens (primary N) is 1. The number of benzene rings is 2. The van der Waals surface area contributed by atoms with Crippen molar-refractivity contribution in [3.05, 3.63) is 65.2 Å². The summed E-state index contributed by atoms with van der Waals surface area (Å²) in [6.45, 7) is 3.12. The minimum Gasteiger partial charge on any atom is -0.508 e. The molecule has 2 aromatic rings. The zero-order chi connectivity index (χ0) is 16.4. The molecule has 0 spiro atoms. The highest BCUT2D eigenvalue weighted by Gasteiger charge is 2.29. The quantitative estimate of drug-likeness (QED) is 0.897. The lowest BCUT2D eigenvalue weighted by atomic mass is 9.92. The summed E-state index contributed by atoms with van der Waals surface area (Å²) in [7, 11) is 0. The molecular weight excluding hydrogens is 324 g/mol.